The van der Waals surface area contributed by atoms with E-state index in [0.717, 1.165) is 37.2 Å². The average Bonchev–Trinajstić information content (AvgIpc) is 3.30. The van der Waals surface area contributed by atoms with Crippen molar-refractivity contribution < 1.29 is 9.59 Å². The van der Waals surface area contributed by atoms with Crippen LogP contribution >= 0.6 is 0 Å². The molecule has 2 aliphatic heterocycles. The van der Waals surface area contributed by atoms with Crippen LogP contribution in [0.1, 0.15) is 29.6 Å². The second-order valence-electron chi connectivity index (χ2n) is 7.11. The fourth-order valence-electron chi connectivity index (χ4n) is 4.10. The number of nitrogens with zero attached hydrogens (tertiary/aromatic N) is 3. The highest BCUT2D eigenvalue weighted by Crippen LogP contribution is 2.40. The molecule has 2 amide bonds. The normalized spacial score (nSPS) is 23.5. The van der Waals surface area contributed by atoms with Gasteiger partial charge in [0.25, 0.3) is 5.91 Å². The first kappa shape index (κ1) is 15.9. The van der Waals surface area contributed by atoms with Crippen LogP contribution in [-0.4, -0.2) is 58.3 Å². The molecule has 1 aromatic heterocycles. The van der Waals surface area contributed by atoms with Gasteiger partial charge in [0.2, 0.25) is 5.91 Å². The molecule has 0 saturated carbocycles. The molecule has 6 nitrogen and oxygen atoms in total. The summed E-state index contributed by atoms with van der Waals surface area (Å²) >= 11 is 0. The van der Waals surface area contributed by atoms with Crippen molar-refractivity contribution in [3.63, 3.8) is 0 Å². The Kier molecular flexibility index (Phi) is 3.82. The fraction of sp³-hybridized carbons (Fsp3) is 0.421. The highest BCUT2D eigenvalue weighted by Gasteiger charge is 2.48. The molecule has 2 aliphatic rings. The van der Waals surface area contributed by atoms with Crippen molar-refractivity contribution in [2.24, 2.45) is 5.41 Å². The number of carbonyl (C=O) groups excluding carboxylic acids is 2. The van der Waals surface area contributed by atoms with Crippen molar-refractivity contribution >= 4 is 11.8 Å². The number of imidazole rings is 1. The number of aromatic amines is 1. The zero-order valence-electron chi connectivity index (χ0n) is 14.4. The van der Waals surface area contributed by atoms with E-state index < -0.39 is 0 Å². The number of piperidine rings is 1. The predicted molar refractivity (Wildman–Crippen MR) is 93.8 cm³/mol. The lowest BCUT2D eigenvalue weighted by Gasteiger charge is -2.37. The molecule has 2 saturated heterocycles. The lowest BCUT2D eigenvalue weighted by molar-refractivity contribution is -0.143. The van der Waals surface area contributed by atoms with Crippen LogP contribution in [0.3, 0.4) is 0 Å². The van der Waals surface area contributed by atoms with Gasteiger partial charge in [-0.25, -0.2) is 4.98 Å². The SMILES string of the molecule is CN1CCCC2(CCN(C(=O)c3cccc(-c4ncc[nH]4)c3)C2)C1=O. The van der Waals surface area contributed by atoms with Gasteiger partial charge in [0.15, 0.2) is 0 Å². The summed E-state index contributed by atoms with van der Waals surface area (Å²) in [5, 5.41) is 0. The minimum atomic E-state index is -0.374. The number of H-pyrrole nitrogens is 1. The first-order chi connectivity index (χ1) is 12.1. The van der Waals surface area contributed by atoms with Crippen LogP contribution in [0.2, 0.25) is 0 Å². The molecule has 0 aliphatic carbocycles. The number of rotatable bonds is 2. The zero-order chi connectivity index (χ0) is 17.4. The van der Waals surface area contributed by atoms with Crippen molar-refractivity contribution in [2.45, 2.75) is 19.3 Å². The Balaban J connectivity index is 1.54. The summed E-state index contributed by atoms with van der Waals surface area (Å²) in [5.74, 6) is 0.932. The Morgan fingerprint density at radius 1 is 1.28 bits per heavy atom. The van der Waals surface area contributed by atoms with Crippen LogP contribution in [-0.2, 0) is 4.79 Å². The lowest BCUT2D eigenvalue weighted by atomic mass is 9.78. The topological polar surface area (TPSA) is 69.3 Å². The Labute approximate surface area is 146 Å². The molecule has 25 heavy (non-hydrogen) atoms. The van der Waals surface area contributed by atoms with Crippen molar-refractivity contribution in [1.82, 2.24) is 19.8 Å². The average molecular weight is 338 g/mol. The lowest BCUT2D eigenvalue weighted by Crippen LogP contribution is -2.48. The molecule has 1 spiro atoms. The van der Waals surface area contributed by atoms with E-state index in [1.54, 1.807) is 12.4 Å². The predicted octanol–water partition coefficient (Wildman–Crippen LogP) is 2.16. The summed E-state index contributed by atoms with van der Waals surface area (Å²) in [6.07, 6.45) is 6.11. The molecular formula is C19H22N4O2. The van der Waals surface area contributed by atoms with Gasteiger partial charge in [0.05, 0.1) is 5.41 Å². The third kappa shape index (κ3) is 2.71. The van der Waals surface area contributed by atoms with E-state index >= 15 is 0 Å². The second-order valence-corrected chi connectivity index (χ2v) is 7.11. The first-order valence-corrected chi connectivity index (χ1v) is 8.74. The van der Waals surface area contributed by atoms with Gasteiger partial charge in [-0.2, -0.15) is 0 Å². The molecule has 1 unspecified atom stereocenters. The van der Waals surface area contributed by atoms with Crippen LogP contribution in [0.5, 0.6) is 0 Å². The van der Waals surface area contributed by atoms with E-state index in [2.05, 4.69) is 9.97 Å². The molecule has 1 aromatic carbocycles. The van der Waals surface area contributed by atoms with E-state index in [1.165, 1.54) is 0 Å². The van der Waals surface area contributed by atoms with E-state index in [4.69, 9.17) is 0 Å². The minimum absolute atomic E-state index is 0.00805. The summed E-state index contributed by atoms with van der Waals surface area (Å²) in [6, 6.07) is 7.49. The van der Waals surface area contributed by atoms with Gasteiger partial charge in [-0.3, -0.25) is 9.59 Å². The third-order valence-corrected chi connectivity index (χ3v) is 5.47. The van der Waals surface area contributed by atoms with E-state index in [-0.39, 0.29) is 17.2 Å². The Morgan fingerprint density at radius 2 is 2.16 bits per heavy atom. The number of hydrogen-bond acceptors (Lipinski definition) is 3. The van der Waals surface area contributed by atoms with Crippen molar-refractivity contribution in [1.29, 1.82) is 0 Å². The van der Waals surface area contributed by atoms with Gasteiger partial charge < -0.3 is 14.8 Å². The minimum Gasteiger partial charge on any atom is -0.345 e. The van der Waals surface area contributed by atoms with E-state index in [1.807, 2.05) is 41.1 Å². The summed E-state index contributed by atoms with van der Waals surface area (Å²) in [4.78, 5) is 36.5. The van der Waals surface area contributed by atoms with E-state index in [0.29, 0.717) is 18.7 Å². The standard InChI is InChI=1S/C19H22N4O2/c1-22-10-3-6-19(18(22)25)7-11-23(13-19)17(24)15-5-2-4-14(12-15)16-20-8-9-21-16/h2,4-5,8-9,12H,3,6-7,10-11,13H2,1H3,(H,20,21). The number of amides is 2. The Hall–Kier alpha value is -2.63. The van der Waals surface area contributed by atoms with Crippen LogP contribution in [0.15, 0.2) is 36.7 Å². The van der Waals surface area contributed by atoms with Crippen molar-refractivity contribution in [3.8, 4) is 11.4 Å². The quantitative estimate of drug-likeness (QED) is 0.912. The smallest absolute Gasteiger partial charge is 0.253 e. The molecule has 2 aromatic rings. The number of benzene rings is 1. The van der Waals surface area contributed by atoms with Gasteiger partial charge in [0.1, 0.15) is 5.82 Å². The van der Waals surface area contributed by atoms with Gasteiger partial charge in [0, 0.05) is 50.2 Å². The molecule has 0 bridgehead atoms. The Bertz CT molecular complexity index is 802. The molecule has 4 rings (SSSR count). The maximum absolute atomic E-state index is 13.0. The number of likely N-dealkylation sites (tertiary alicyclic amines) is 2. The number of hydrogen-bond donors (Lipinski definition) is 1. The zero-order valence-corrected chi connectivity index (χ0v) is 14.4. The van der Waals surface area contributed by atoms with Crippen LogP contribution < -0.4 is 0 Å². The summed E-state index contributed by atoms with van der Waals surface area (Å²) in [7, 11) is 1.86. The van der Waals surface area contributed by atoms with Crippen LogP contribution in [0.4, 0.5) is 0 Å². The molecule has 1 atom stereocenters. The van der Waals surface area contributed by atoms with Crippen LogP contribution in [0, 0.1) is 5.41 Å². The monoisotopic (exact) mass is 338 g/mol. The molecule has 1 N–H and O–H groups in total. The maximum atomic E-state index is 13.0. The number of carbonyl (C=O) groups is 2. The fourth-order valence-corrected chi connectivity index (χ4v) is 4.10. The molecule has 6 heteroatoms. The summed E-state index contributed by atoms with van der Waals surface area (Å²) in [5.41, 5.74) is 1.15. The van der Waals surface area contributed by atoms with Gasteiger partial charge >= 0.3 is 0 Å². The highest BCUT2D eigenvalue weighted by molar-refractivity contribution is 5.96. The second kappa shape index (κ2) is 6.02. The van der Waals surface area contributed by atoms with Gasteiger partial charge in [-0.1, -0.05) is 12.1 Å². The van der Waals surface area contributed by atoms with E-state index in [9.17, 15) is 9.59 Å². The summed E-state index contributed by atoms with van der Waals surface area (Å²) < 4.78 is 0. The molecule has 3 heterocycles. The number of nitrogens with one attached hydrogen (secondary N) is 1. The molecule has 0 radical (unpaired) electrons. The van der Waals surface area contributed by atoms with Crippen molar-refractivity contribution in [2.75, 3.05) is 26.7 Å². The molecule has 130 valence electrons. The molecule has 2 fully saturated rings. The highest BCUT2D eigenvalue weighted by atomic mass is 16.2. The van der Waals surface area contributed by atoms with Gasteiger partial charge in [-0.05, 0) is 31.4 Å². The summed E-state index contributed by atoms with van der Waals surface area (Å²) in [6.45, 7) is 1.99. The number of aromatic nitrogens is 2. The first-order valence-electron chi connectivity index (χ1n) is 8.74. The van der Waals surface area contributed by atoms with Crippen LogP contribution in [0.25, 0.3) is 11.4 Å². The third-order valence-electron chi connectivity index (χ3n) is 5.47. The largest absolute Gasteiger partial charge is 0.345 e. The molecular weight excluding hydrogens is 316 g/mol. The Morgan fingerprint density at radius 3 is 2.96 bits per heavy atom. The van der Waals surface area contributed by atoms with Gasteiger partial charge in [-0.15, -0.1) is 0 Å². The van der Waals surface area contributed by atoms with Crippen molar-refractivity contribution in [3.05, 3.63) is 42.2 Å². The maximum Gasteiger partial charge on any atom is 0.253 e.